The Labute approximate surface area is 125 Å². The average Bonchev–Trinajstić information content (AvgIpc) is 2.43. The first kappa shape index (κ1) is 18.5. The number of hydrogen-bond acceptors (Lipinski definition) is 5. The van der Waals surface area contributed by atoms with E-state index in [1.54, 1.807) is 14.0 Å². The van der Waals surface area contributed by atoms with Crippen LogP contribution >= 0.6 is 12.4 Å². The van der Waals surface area contributed by atoms with Crippen LogP contribution in [-0.2, 0) is 16.0 Å². The Balaban J connectivity index is 0.00000361. The van der Waals surface area contributed by atoms with E-state index < -0.39 is 0 Å². The van der Waals surface area contributed by atoms with Gasteiger partial charge >= 0.3 is 5.97 Å². The van der Waals surface area contributed by atoms with Crippen LogP contribution in [0.1, 0.15) is 18.9 Å². The van der Waals surface area contributed by atoms with Crippen molar-refractivity contribution in [2.45, 2.75) is 19.8 Å². The van der Waals surface area contributed by atoms with Crippen LogP contribution < -0.4 is 15.2 Å². The number of halogens is 1. The van der Waals surface area contributed by atoms with Crippen LogP contribution in [0.25, 0.3) is 0 Å². The summed E-state index contributed by atoms with van der Waals surface area (Å²) in [6.07, 6.45) is 0.979. The zero-order chi connectivity index (χ0) is 14.1. The fourth-order valence-corrected chi connectivity index (χ4v) is 1.64. The number of rotatable bonds is 8. The molecule has 114 valence electrons. The van der Waals surface area contributed by atoms with Gasteiger partial charge in [0.25, 0.3) is 0 Å². The Morgan fingerprint density at radius 2 is 2.05 bits per heavy atom. The molecule has 0 amide bonds. The maximum absolute atomic E-state index is 11.3. The van der Waals surface area contributed by atoms with E-state index >= 15 is 0 Å². The molecule has 0 saturated carbocycles. The highest BCUT2D eigenvalue weighted by Crippen LogP contribution is 2.28. The summed E-state index contributed by atoms with van der Waals surface area (Å²) in [5.41, 5.74) is 6.39. The molecule has 5 nitrogen and oxygen atoms in total. The lowest BCUT2D eigenvalue weighted by molar-refractivity contribution is -0.143. The van der Waals surface area contributed by atoms with Crippen LogP contribution in [-0.4, -0.2) is 32.8 Å². The summed E-state index contributed by atoms with van der Waals surface area (Å²) in [4.78, 5) is 11.3. The van der Waals surface area contributed by atoms with Crippen molar-refractivity contribution in [2.24, 2.45) is 5.73 Å². The van der Waals surface area contributed by atoms with Gasteiger partial charge in [0.1, 0.15) is 6.61 Å². The first-order valence-electron chi connectivity index (χ1n) is 6.36. The van der Waals surface area contributed by atoms with Crippen molar-refractivity contribution in [3.05, 3.63) is 23.8 Å². The second-order valence-electron chi connectivity index (χ2n) is 3.93. The highest BCUT2D eigenvalue weighted by atomic mass is 35.5. The van der Waals surface area contributed by atoms with Crippen LogP contribution in [0.2, 0.25) is 0 Å². The van der Waals surface area contributed by atoms with Gasteiger partial charge in [-0.2, -0.15) is 0 Å². The van der Waals surface area contributed by atoms with E-state index in [2.05, 4.69) is 0 Å². The first-order chi connectivity index (χ1) is 9.21. The Hall–Kier alpha value is -1.46. The van der Waals surface area contributed by atoms with Gasteiger partial charge in [0, 0.05) is 13.0 Å². The van der Waals surface area contributed by atoms with Gasteiger partial charge < -0.3 is 19.9 Å². The number of benzene rings is 1. The minimum Gasteiger partial charge on any atom is -0.493 e. The normalized spacial score (nSPS) is 9.55. The van der Waals surface area contributed by atoms with E-state index in [0.29, 0.717) is 44.1 Å². The van der Waals surface area contributed by atoms with Crippen LogP contribution in [0.3, 0.4) is 0 Å². The van der Waals surface area contributed by atoms with Crippen LogP contribution in [0, 0.1) is 0 Å². The summed E-state index contributed by atoms with van der Waals surface area (Å²) in [7, 11) is 1.58. The van der Waals surface area contributed by atoms with Crippen molar-refractivity contribution >= 4 is 18.4 Å². The molecule has 20 heavy (non-hydrogen) atoms. The molecule has 0 aromatic heterocycles. The summed E-state index contributed by atoms with van der Waals surface area (Å²) in [5.74, 6) is 1.12. The Bertz CT molecular complexity index is 412. The number of methoxy groups -OCH3 is 1. The van der Waals surface area contributed by atoms with Crippen molar-refractivity contribution < 1.29 is 19.0 Å². The monoisotopic (exact) mass is 303 g/mol. The van der Waals surface area contributed by atoms with Crippen LogP contribution in [0.15, 0.2) is 18.2 Å². The summed E-state index contributed by atoms with van der Waals surface area (Å²) < 4.78 is 15.6. The second-order valence-corrected chi connectivity index (χ2v) is 3.93. The van der Waals surface area contributed by atoms with Gasteiger partial charge in [0.2, 0.25) is 0 Å². The zero-order valence-electron chi connectivity index (χ0n) is 11.9. The Morgan fingerprint density at radius 1 is 1.30 bits per heavy atom. The lowest BCUT2D eigenvalue weighted by atomic mass is 10.1. The Morgan fingerprint density at radius 3 is 2.65 bits per heavy atom. The molecular formula is C14H22ClNO4. The fourth-order valence-electron chi connectivity index (χ4n) is 1.64. The molecule has 0 saturated heterocycles. The lowest BCUT2D eigenvalue weighted by Crippen LogP contribution is -2.11. The third kappa shape index (κ3) is 6.12. The number of aryl methyl sites for hydroxylation is 1. The first-order valence-corrected chi connectivity index (χ1v) is 6.36. The molecule has 6 heteroatoms. The van der Waals surface area contributed by atoms with Crippen molar-refractivity contribution in [2.75, 3.05) is 26.9 Å². The van der Waals surface area contributed by atoms with E-state index in [1.807, 2.05) is 18.2 Å². The van der Waals surface area contributed by atoms with Crippen LogP contribution in [0.5, 0.6) is 11.5 Å². The van der Waals surface area contributed by atoms with Crippen molar-refractivity contribution in [1.29, 1.82) is 0 Å². The van der Waals surface area contributed by atoms with Gasteiger partial charge in [-0.15, -0.1) is 12.4 Å². The van der Waals surface area contributed by atoms with E-state index in [1.165, 1.54) is 0 Å². The summed E-state index contributed by atoms with van der Waals surface area (Å²) in [5, 5.41) is 0. The summed E-state index contributed by atoms with van der Waals surface area (Å²) >= 11 is 0. The molecular weight excluding hydrogens is 282 g/mol. The third-order valence-electron chi connectivity index (χ3n) is 2.53. The number of esters is 1. The second kappa shape index (κ2) is 10.3. The predicted molar refractivity (Wildman–Crippen MR) is 79.7 cm³/mol. The third-order valence-corrected chi connectivity index (χ3v) is 2.53. The molecule has 1 aromatic rings. The number of ether oxygens (including phenoxy) is 3. The van der Waals surface area contributed by atoms with Gasteiger partial charge in [0.05, 0.1) is 13.7 Å². The molecule has 0 unspecified atom stereocenters. The maximum Gasteiger partial charge on any atom is 0.306 e. The molecule has 0 spiro atoms. The number of hydrogen-bond donors (Lipinski definition) is 1. The van der Waals surface area contributed by atoms with E-state index in [4.69, 9.17) is 19.9 Å². The summed E-state index contributed by atoms with van der Waals surface area (Å²) in [6.45, 7) is 3.10. The topological polar surface area (TPSA) is 70.8 Å². The SMILES string of the molecule is CCOC(=O)CCc1ccc(OCCN)c(OC)c1.Cl. The van der Waals surface area contributed by atoms with E-state index in [-0.39, 0.29) is 18.4 Å². The van der Waals surface area contributed by atoms with Crippen molar-refractivity contribution in [1.82, 2.24) is 0 Å². The van der Waals surface area contributed by atoms with Gasteiger partial charge in [0.15, 0.2) is 11.5 Å². The quantitative estimate of drug-likeness (QED) is 0.743. The molecule has 0 fully saturated rings. The number of nitrogens with two attached hydrogens (primary N) is 1. The standard InChI is InChI=1S/C14H21NO4.ClH/c1-3-18-14(16)7-5-11-4-6-12(19-9-8-15)13(10-11)17-2;/h4,6,10H,3,5,7-9,15H2,1-2H3;1H. The molecule has 1 aromatic carbocycles. The van der Waals surface area contributed by atoms with Crippen molar-refractivity contribution in [3.63, 3.8) is 0 Å². The molecule has 0 aliphatic rings. The number of carbonyl (C=O) groups is 1. The maximum atomic E-state index is 11.3. The largest absolute Gasteiger partial charge is 0.493 e. The highest BCUT2D eigenvalue weighted by molar-refractivity contribution is 5.85. The zero-order valence-corrected chi connectivity index (χ0v) is 12.7. The predicted octanol–water partition coefficient (Wildman–Crippen LogP) is 1.95. The van der Waals surface area contributed by atoms with Crippen molar-refractivity contribution in [3.8, 4) is 11.5 Å². The molecule has 0 aliphatic heterocycles. The molecule has 0 heterocycles. The molecule has 0 bridgehead atoms. The van der Waals surface area contributed by atoms with Gasteiger partial charge in [-0.1, -0.05) is 6.07 Å². The average molecular weight is 304 g/mol. The minimum atomic E-state index is -0.190. The molecule has 0 radical (unpaired) electrons. The Kier molecular flexibility index (Phi) is 9.59. The minimum absolute atomic E-state index is 0. The molecule has 1 rings (SSSR count). The van der Waals surface area contributed by atoms with E-state index in [9.17, 15) is 4.79 Å². The molecule has 0 aliphatic carbocycles. The fraction of sp³-hybridized carbons (Fsp3) is 0.500. The van der Waals surface area contributed by atoms with Gasteiger partial charge in [-0.05, 0) is 31.0 Å². The summed E-state index contributed by atoms with van der Waals surface area (Å²) in [6, 6.07) is 5.60. The van der Waals surface area contributed by atoms with Crippen LogP contribution in [0.4, 0.5) is 0 Å². The van der Waals surface area contributed by atoms with Gasteiger partial charge in [-0.25, -0.2) is 0 Å². The highest BCUT2D eigenvalue weighted by Gasteiger charge is 2.08. The molecule has 2 N–H and O–H groups in total. The number of carbonyl (C=O) groups excluding carboxylic acids is 1. The van der Waals surface area contributed by atoms with E-state index in [0.717, 1.165) is 5.56 Å². The lowest BCUT2D eigenvalue weighted by Gasteiger charge is -2.11. The van der Waals surface area contributed by atoms with Gasteiger partial charge in [-0.3, -0.25) is 4.79 Å². The molecule has 0 atom stereocenters. The smallest absolute Gasteiger partial charge is 0.306 e.